The zero-order valence-electron chi connectivity index (χ0n) is 11.9. The lowest BCUT2D eigenvalue weighted by Crippen LogP contribution is -2.41. The van der Waals surface area contributed by atoms with E-state index in [0.717, 1.165) is 18.7 Å². The molecule has 1 atom stereocenters. The second kappa shape index (κ2) is 4.80. The summed E-state index contributed by atoms with van der Waals surface area (Å²) < 4.78 is 27.4. The molecular weight excluding hydrogens is 260 g/mol. The van der Waals surface area contributed by atoms with Crippen LogP contribution >= 0.6 is 0 Å². The summed E-state index contributed by atoms with van der Waals surface area (Å²) in [5, 5.41) is 3.20. The van der Waals surface area contributed by atoms with Crippen LogP contribution in [0.5, 0.6) is 0 Å². The van der Waals surface area contributed by atoms with Crippen molar-refractivity contribution in [1.29, 1.82) is 0 Å². The van der Waals surface area contributed by atoms with E-state index in [4.69, 9.17) is 0 Å². The predicted molar refractivity (Wildman–Crippen MR) is 77.9 cm³/mol. The van der Waals surface area contributed by atoms with Gasteiger partial charge in [0.05, 0.1) is 4.90 Å². The first-order valence-corrected chi connectivity index (χ1v) is 8.07. The van der Waals surface area contributed by atoms with Crippen LogP contribution in [0.2, 0.25) is 0 Å². The quantitative estimate of drug-likeness (QED) is 0.895. The predicted octanol–water partition coefficient (Wildman–Crippen LogP) is 2.37. The van der Waals surface area contributed by atoms with Crippen LogP contribution in [-0.4, -0.2) is 21.0 Å². The van der Waals surface area contributed by atoms with Crippen molar-refractivity contribution >= 4 is 15.7 Å². The van der Waals surface area contributed by atoms with Crippen molar-refractivity contribution in [2.75, 3.05) is 11.9 Å². The Morgan fingerprint density at radius 1 is 1.32 bits per heavy atom. The molecule has 1 unspecified atom stereocenters. The maximum atomic E-state index is 12.4. The fourth-order valence-electron chi connectivity index (χ4n) is 1.91. The zero-order valence-corrected chi connectivity index (χ0v) is 12.8. The highest BCUT2D eigenvalue weighted by molar-refractivity contribution is 7.89. The van der Waals surface area contributed by atoms with Gasteiger partial charge >= 0.3 is 0 Å². The topological polar surface area (TPSA) is 58.2 Å². The van der Waals surface area contributed by atoms with Crippen LogP contribution in [0.25, 0.3) is 0 Å². The second-order valence-corrected chi connectivity index (χ2v) is 7.92. The largest absolute Gasteiger partial charge is 0.384 e. The van der Waals surface area contributed by atoms with Gasteiger partial charge < -0.3 is 5.32 Å². The Bertz CT molecular complexity index is 574. The lowest BCUT2D eigenvalue weighted by atomic mass is 9.89. The molecule has 0 amide bonds. The fourth-order valence-corrected chi connectivity index (χ4v) is 3.39. The summed E-state index contributed by atoms with van der Waals surface area (Å²) in [5.74, 6) is 0. The average molecular weight is 282 g/mol. The third-order valence-electron chi connectivity index (χ3n) is 3.73. The zero-order chi connectivity index (χ0) is 14.3. The van der Waals surface area contributed by atoms with Crippen LogP contribution in [-0.2, 0) is 16.4 Å². The molecule has 1 aromatic carbocycles. The number of benzene rings is 1. The molecule has 2 N–H and O–H groups in total. The molecule has 0 spiro atoms. The highest BCUT2D eigenvalue weighted by atomic mass is 32.2. The molecule has 0 saturated carbocycles. The van der Waals surface area contributed by atoms with Gasteiger partial charge in [0.1, 0.15) is 0 Å². The maximum absolute atomic E-state index is 12.4. The first-order chi connectivity index (χ1) is 8.70. The van der Waals surface area contributed by atoms with Crippen molar-refractivity contribution in [3.63, 3.8) is 0 Å². The Morgan fingerprint density at radius 3 is 2.63 bits per heavy atom. The van der Waals surface area contributed by atoms with E-state index in [1.807, 2.05) is 33.8 Å². The van der Waals surface area contributed by atoms with E-state index in [1.54, 1.807) is 12.1 Å². The SMILES string of the molecule is CC(NS(=O)(=O)c1ccc2c(c1)NCC2)C(C)(C)C. The van der Waals surface area contributed by atoms with Gasteiger partial charge in [0.15, 0.2) is 0 Å². The molecule has 19 heavy (non-hydrogen) atoms. The summed E-state index contributed by atoms with van der Waals surface area (Å²) in [7, 11) is -3.45. The molecule has 4 nitrogen and oxygen atoms in total. The summed E-state index contributed by atoms with van der Waals surface area (Å²) in [6.45, 7) is 8.83. The molecule has 1 aliphatic heterocycles. The van der Waals surface area contributed by atoms with Crippen molar-refractivity contribution in [3.8, 4) is 0 Å². The lowest BCUT2D eigenvalue weighted by Gasteiger charge is -2.27. The van der Waals surface area contributed by atoms with Crippen molar-refractivity contribution in [2.24, 2.45) is 5.41 Å². The van der Waals surface area contributed by atoms with Crippen LogP contribution in [0, 0.1) is 5.41 Å². The Labute approximate surface area is 115 Å². The lowest BCUT2D eigenvalue weighted by molar-refractivity contribution is 0.317. The summed E-state index contributed by atoms with van der Waals surface area (Å²) in [6.07, 6.45) is 0.960. The van der Waals surface area contributed by atoms with Gasteiger partial charge in [-0.05, 0) is 36.5 Å². The Hall–Kier alpha value is -1.07. The molecule has 0 aliphatic carbocycles. The van der Waals surface area contributed by atoms with E-state index < -0.39 is 10.0 Å². The van der Waals surface area contributed by atoms with Gasteiger partial charge in [0, 0.05) is 18.3 Å². The van der Waals surface area contributed by atoms with E-state index in [0.29, 0.717) is 4.90 Å². The van der Waals surface area contributed by atoms with Crippen LogP contribution in [0.3, 0.4) is 0 Å². The number of anilines is 1. The first kappa shape index (κ1) is 14.3. The fraction of sp³-hybridized carbons (Fsp3) is 0.571. The number of fused-ring (bicyclic) bond motifs is 1. The van der Waals surface area contributed by atoms with Crippen LogP contribution in [0.15, 0.2) is 23.1 Å². The van der Waals surface area contributed by atoms with Crippen molar-refractivity contribution < 1.29 is 8.42 Å². The smallest absolute Gasteiger partial charge is 0.240 e. The number of hydrogen-bond acceptors (Lipinski definition) is 3. The number of rotatable bonds is 3. The van der Waals surface area contributed by atoms with Crippen molar-refractivity contribution in [1.82, 2.24) is 4.72 Å². The van der Waals surface area contributed by atoms with Gasteiger partial charge in [-0.25, -0.2) is 13.1 Å². The molecule has 0 radical (unpaired) electrons. The number of sulfonamides is 1. The standard InChI is InChI=1S/C14H22N2O2S/c1-10(14(2,3)4)16-19(17,18)12-6-5-11-7-8-15-13(11)9-12/h5-6,9-10,15-16H,7-8H2,1-4H3. The Balaban J connectivity index is 2.25. The molecule has 5 heteroatoms. The monoisotopic (exact) mass is 282 g/mol. The maximum Gasteiger partial charge on any atom is 0.240 e. The Morgan fingerprint density at radius 2 is 2.00 bits per heavy atom. The van der Waals surface area contributed by atoms with E-state index in [9.17, 15) is 8.42 Å². The van der Waals surface area contributed by atoms with Gasteiger partial charge in [-0.3, -0.25) is 0 Å². The van der Waals surface area contributed by atoms with Crippen LogP contribution in [0.4, 0.5) is 5.69 Å². The summed E-state index contributed by atoms with van der Waals surface area (Å²) in [4.78, 5) is 0.330. The van der Waals surface area contributed by atoms with Crippen LogP contribution < -0.4 is 10.0 Å². The molecule has 1 aliphatic rings. The molecule has 0 saturated heterocycles. The minimum atomic E-state index is -3.45. The van der Waals surface area contributed by atoms with Gasteiger partial charge in [-0.15, -0.1) is 0 Å². The average Bonchev–Trinajstić information content (AvgIpc) is 2.73. The van der Waals surface area contributed by atoms with Crippen LogP contribution in [0.1, 0.15) is 33.3 Å². The molecule has 0 bridgehead atoms. The molecule has 0 aromatic heterocycles. The van der Waals surface area contributed by atoms with E-state index in [1.165, 1.54) is 5.56 Å². The van der Waals surface area contributed by atoms with E-state index in [2.05, 4.69) is 10.0 Å². The Kier molecular flexibility index (Phi) is 3.62. The van der Waals surface area contributed by atoms with E-state index >= 15 is 0 Å². The minimum Gasteiger partial charge on any atom is -0.384 e. The normalized spacial score (nSPS) is 16.8. The molecule has 106 valence electrons. The summed E-state index contributed by atoms with van der Waals surface area (Å²) in [5.41, 5.74) is 2.01. The second-order valence-electron chi connectivity index (χ2n) is 6.20. The molecule has 2 rings (SSSR count). The van der Waals surface area contributed by atoms with Gasteiger partial charge in [0.25, 0.3) is 0 Å². The highest BCUT2D eigenvalue weighted by Gasteiger charge is 2.26. The molecule has 1 heterocycles. The van der Waals surface area contributed by atoms with Crippen molar-refractivity contribution in [3.05, 3.63) is 23.8 Å². The molecular formula is C14H22N2O2S. The summed E-state index contributed by atoms with van der Waals surface area (Å²) >= 11 is 0. The number of hydrogen-bond donors (Lipinski definition) is 2. The third-order valence-corrected chi connectivity index (χ3v) is 5.27. The third kappa shape index (κ3) is 3.09. The van der Waals surface area contributed by atoms with Gasteiger partial charge in [0.2, 0.25) is 10.0 Å². The molecule has 0 fully saturated rings. The molecule has 1 aromatic rings. The minimum absolute atomic E-state index is 0.109. The highest BCUT2D eigenvalue weighted by Crippen LogP contribution is 2.26. The number of nitrogens with one attached hydrogen (secondary N) is 2. The van der Waals surface area contributed by atoms with E-state index in [-0.39, 0.29) is 11.5 Å². The van der Waals surface area contributed by atoms with Crippen molar-refractivity contribution in [2.45, 2.75) is 45.1 Å². The summed E-state index contributed by atoms with van der Waals surface area (Å²) in [6, 6.07) is 5.17. The first-order valence-electron chi connectivity index (χ1n) is 6.59. The van der Waals surface area contributed by atoms with Gasteiger partial charge in [-0.1, -0.05) is 26.8 Å². The van der Waals surface area contributed by atoms with Gasteiger partial charge in [-0.2, -0.15) is 0 Å².